The summed E-state index contributed by atoms with van der Waals surface area (Å²) in [5.41, 5.74) is 3.52. The lowest BCUT2D eigenvalue weighted by Gasteiger charge is -2.12. The largest absolute Gasteiger partial charge is 0.480 e. The van der Waals surface area contributed by atoms with E-state index in [9.17, 15) is 9.90 Å². The molecular weight excluding hydrogens is 367 g/mol. The van der Waals surface area contributed by atoms with E-state index >= 15 is 0 Å². The van der Waals surface area contributed by atoms with Crippen molar-refractivity contribution in [1.82, 2.24) is 9.97 Å². The number of fused-ring (bicyclic) bond motifs is 1. The molecule has 124 valence electrons. The minimum absolute atomic E-state index is 0.259. The Morgan fingerprint density at radius 1 is 1.29 bits per heavy atom. The van der Waals surface area contributed by atoms with E-state index in [0.717, 1.165) is 16.6 Å². The number of hydrogen-bond donors (Lipinski definition) is 2. The summed E-state index contributed by atoms with van der Waals surface area (Å²) in [5, 5.41) is 10.4. The number of nitrogens with zero attached hydrogens (tertiary/aromatic N) is 1. The van der Waals surface area contributed by atoms with Gasteiger partial charge in [0.15, 0.2) is 5.16 Å². The number of aromatic nitrogens is 2. The number of nitrogens with one attached hydrogen (secondary N) is 1. The number of aliphatic carboxylic acids is 1. The molecule has 0 amide bonds. The minimum atomic E-state index is -0.923. The summed E-state index contributed by atoms with van der Waals surface area (Å²) in [4.78, 5) is 19.2. The van der Waals surface area contributed by atoms with Crippen molar-refractivity contribution in [2.75, 3.05) is 0 Å². The highest BCUT2D eigenvalue weighted by molar-refractivity contribution is 8.00. The Kier molecular flexibility index (Phi) is 5.04. The number of thioether (sulfide) groups is 1. The fourth-order valence-corrected chi connectivity index (χ4v) is 3.71. The second-order valence-electron chi connectivity index (χ2n) is 5.45. The molecule has 1 heterocycles. The van der Waals surface area contributed by atoms with Gasteiger partial charge in [-0.15, -0.1) is 0 Å². The third-order valence-electron chi connectivity index (χ3n) is 3.56. The predicted octanol–water partition coefficient (Wildman–Crippen LogP) is 4.97. The number of carboxylic acid groups (broad SMARTS) is 1. The summed E-state index contributed by atoms with van der Waals surface area (Å²) in [6.45, 7) is 1.99. The van der Waals surface area contributed by atoms with E-state index < -0.39 is 11.2 Å². The Labute approximate surface area is 153 Å². The Balaban J connectivity index is 1.85. The molecule has 0 saturated carbocycles. The predicted molar refractivity (Wildman–Crippen MR) is 98.3 cm³/mol. The molecule has 3 aromatic rings. The van der Waals surface area contributed by atoms with Crippen molar-refractivity contribution in [3.05, 3.63) is 57.6 Å². The van der Waals surface area contributed by atoms with Crippen LogP contribution in [0.15, 0.2) is 41.6 Å². The normalized spacial score (nSPS) is 12.5. The van der Waals surface area contributed by atoms with Gasteiger partial charge in [0.1, 0.15) is 5.25 Å². The minimum Gasteiger partial charge on any atom is -0.480 e. The first kappa shape index (κ1) is 17.1. The summed E-state index contributed by atoms with van der Waals surface area (Å²) in [5.74, 6) is -0.923. The first-order valence-electron chi connectivity index (χ1n) is 7.22. The molecule has 1 atom stereocenters. The maximum absolute atomic E-state index is 11.6. The van der Waals surface area contributed by atoms with Crippen molar-refractivity contribution in [3.8, 4) is 0 Å². The molecule has 0 aliphatic heterocycles. The molecule has 0 fully saturated rings. The van der Waals surface area contributed by atoms with Gasteiger partial charge in [-0.2, -0.15) is 0 Å². The van der Waals surface area contributed by atoms with Crippen molar-refractivity contribution in [3.63, 3.8) is 0 Å². The number of aryl methyl sites for hydroxylation is 1. The number of benzene rings is 2. The van der Waals surface area contributed by atoms with Crippen LogP contribution in [0.25, 0.3) is 11.0 Å². The Hall–Kier alpha value is -1.69. The van der Waals surface area contributed by atoms with Crippen LogP contribution in [0.2, 0.25) is 10.0 Å². The molecule has 3 rings (SSSR count). The monoisotopic (exact) mass is 380 g/mol. The molecule has 4 nitrogen and oxygen atoms in total. The highest BCUT2D eigenvalue weighted by Gasteiger charge is 2.22. The summed E-state index contributed by atoms with van der Waals surface area (Å²) in [7, 11) is 0. The lowest BCUT2D eigenvalue weighted by atomic mass is 10.1. The summed E-state index contributed by atoms with van der Waals surface area (Å²) >= 11 is 13.3. The van der Waals surface area contributed by atoms with E-state index in [1.54, 1.807) is 18.2 Å². The molecule has 2 aromatic carbocycles. The van der Waals surface area contributed by atoms with Gasteiger partial charge in [-0.1, -0.05) is 41.0 Å². The Morgan fingerprint density at radius 2 is 2.08 bits per heavy atom. The van der Waals surface area contributed by atoms with Crippen LogP contribution in [0.3, 0.4) is 0 Å². The van der Waals surface area contributed by atoms with Gasteiger partial charge in [-0.3, -0.25) is 4.79 Å². The average Bonchev–Trinajstić information content (AvgIpc) is 2.91. The lowest BCUT2D eigenvalue weighted by Crippen LogP contribution is -2.19. The average molecular weight is 381 g/mol. The van der Waals surface area contributed by atoms with E-state index in [1.165, 1.54) is 11.8 Å². The number of rotatable bonds is 5. The molecule has 0 saturated heterocycles. The first-order valence-corrected chi connectivity index (χ1v) is 8.85. The molecule has 0 spiro atoms. The van der Waals surface area contributed by atoms with Gasteiger partial charge < -0.3 is 10.1 Å². The number of halogens is 2. The van der Waals surface area contributed by atoms with Crippen molar-refractivity contribution in [1.29, 1.82) is 0 Å². The van der Waals surface area contributed by atoms with Gasteiger partial charge in [0, 0.05) is 10.0 Å². The van der Waals surface area contributed by atoms with Gasteiger partial charge in [0.05, 0.1) is 11.0 Å². The Bertz CT molecular complexity index is 911. The Morgan fingerprint density at radius 3 is 2.83 bits per heavy atom. The van der Waals surface area contributed by atoms with Gasteiger partial charge in [0.25, 0.3) is 0 Å². The number of carboxylic acids is 1. The molecule has 7 heteroatoms. The van der Waals surface area contributed by atoms with E-state index in [4.69, 9.17) is 23.2 Å². The first-order chi connectivity index (χ1) is 11.4. The van der Waals surface area contributed by atoms with Crippen LogP contribution >= 0.6 is 35.0 Å². The molecule has 0 aliphatic rings. The van der Waals surface area contributed by atoms with Crippen LogP contribution in [-0.2, 0) is 11.2 Å². The zero-order valence-corrected chi connectivity index (χ0v) is 15.0. The van der Waals surface area contributed by atoms with Crippen LogP contribution in [0, 0.1) is 6.92 Å². The van der Waals surface area contributed by atoms with Crippen LogP contribution < -0.4 is 0 Å². The van der Waals surface area contributed by atoms with Crippen LogP contribution in [0.4, 0.5) is 0 Å². The fourth-order valence-electron chi connectivity index (χ4n) is 2.37. The van der Waals surface area contributed by atoms with E-state index in [-0.39, 0.29) is 6.42 Å². The second-order valence-corrected chi connectivity index (χ2v) is 7.48. The maximum atomic E-state index is 11.6. The molecular formula is C17H14Cl2N2O2S. The molecule has 2 N–H and O–H groups in total. The topological polar surface area (TPSA) is 66.0 Å². The third-order valence-corrected chi connectivity index (χ3v) is 5.23. The van der Waals surface area contributed by atoms with Crippen LogP contribution in [0.5, 0.6) is 0 Å². The highest BCUT2D eigenvalue weighted by Crippen LogP contribution is 2.29. The molecule has 0 radical (unpaired) electrons. The summed E-state index contributed by atoms with van der Waals surface area (Å²) in [6.07, 6.45) is 0.259. The van der Waals surface area contributed by atoms with Crippen molar-refractivity contribution < 1.29 is 9.90 Å². The van der Waals surface area contributed by atoms with Crippen molar-refractivity contribution in [2.45, 2.75) is 23.8 Å². The van der Waals surface area contributed by atoms with E-state index in [2.05, 4.69) is 9.97 Å². The second kappa shape index (κ2) is 7.05. The van der Waals surface area contributed by atoms with E-state index in [1.807, 2.05) is 25.1 Å². The maximum Gasteiger partial charge on any atom is 0.317 e. The smallest absolute Gasteiger partial charge is 0.317 e. The SMILES string of the molecule is Cc1ccc2nc(S[C@@H](Cc3cc(Cl)ccc3Cl)C(=O)O)[nH]c2c1. The number of carbonyl (C=O) groups is 1. The van der Waals surface area contributed by atoms with Gasteiger partial charge in [0.2, 0.25) is 0 Å². The molecule has 24 heavy (non-hydrogen) atoms. The van der Waals surface area contributed by atoms with Gasteiger partial charge in [-0.05, 0) is 54.8 Å². The molecule has 1 aromatic heterocycles. The molecule has 0 aliphatic carbocycles. The number of hydrogen-bond acceptors (Lipinski definition) is 3. The summed E-state index contributed by atoms with van der Waals surface area (Å²) < 4.78 is 0. The van der Waals surface area contributed by atoms with Crippen molar-refractivity contribution >= 4 is 52.0 Å². The van der Waals surface area contributed by atoms with Crippen LogP contribution in [-0.4, -0.2) is 26.3 Å². The fraction of sp³-hybridized carbons (Fsp3) is 0.176. The summed E-state index contributed by atoms with van der Waals surface area (Å²) in [6, 6.07) is 10.9. The molecule has 0 bridgehead atoms. The quantitative estimate of drug-likeness (QED) is 0.613. The molecule has 0 unspecified atom stereocenters. The zero-order chi connectivity index (χ0) is 17.3. The number of imidazole rings is 1. The number of H-pyrrole nitrogens is 1. The van der Waals surface area contributed by atoms with Crippen molar-refractivity contribution in [2.24, 2.45) is 0 Å². The standard InChI is InChI=1S/C17H14Cl2N2O2S/c1-9-2-5-13-14(6-9)21-17(20-13)24-15(16(22)23)8-10-7-11(18)3-4-12(10)19/h2-7,15H,8H2,1H3,(H,20,21)(H,22,23)/t15-/m0/s1. The third kappa shape index (κ3) is 3.86. The lowest BCUT2D eigenvalue weighted by molar-refractivity contribution is -0.136. The van der Waals surface area contributed by atoms with Crippen LogP contribution in [0.1, 0.15) is 11.1 Å². The zero-order valence-electron chi connectivity index (χ0n) is 12.7. The number of aromatic amines is 1. The van der Waals surface area contributed by atoms with E-state index in [0.29, 0.717) is 20.8 Å². The highest BCUT2D eigenvalue weighted by atomic mass is 35.5. The van der Waals surface area contributed by atoms with Gasteiger partial charge >= 0.3 is 5.97 Å². The van der Waals surface area contributed by atoms with Gasteiger partial charge in [-0.25, -0.2) is 4.98 Å².